The van der Waals surface area contributed by atoms with Gasteiger partial charge in [-0.15, -0.1) is 0 Å². The summed E-state index contributed by atoms with van der Waals surface area (Å²) < 4.78 is 69.7. The van der Waals surface area contributed by atoms with E-state index in [9.17, 15) is 19.2 Å². The fourth-order valence-electron chi connectivity index (χ4n) is 22.4. The molecule has 0 aliphatic carbocycles. The smallest absolute Gasteiger partial charge is 0.300 e. The molecule has 29 nitrogen and oxygen atoms in total. The first-order valence-corrected chi connectivity index (χ1v) is 50.0. The molecule has 144 heavy (non-hydrogen) atoms. The molecule has 9 aromatic heterocycles. The Morgan fingerprint density at radius 3 is 1.13 bits per heavy atom. The minimum Gasteiger partial charge on any atom is -0.486 e. The zero-order chi connectivity index (χ0) is 103. The van der Waals surface area contributed by atoms with Gasteiger partial charge in [-0.05, 0) is 148 Å². The molecule has 3 amide bonds. The Bertz CT molecular complexity index is 8020. The van der Waals surface area contributed by atoms with Crippen molar-refractivity contribution in [2.24, 2.45) is 0 Å². The van der Waals surface area contributed by atoms with Gasteiger partial charge in [0.1, 0.15) is 31.4 Å². The van der Waals surface area contributed by atoms with E-state index in [1.807, 2.05) is 161 Å². The number of benzene rings is 6. The maximum absolute atomic E-state index is 18.0. The normalized spacial score (nSPS) is 17.7. The van der Waals surface area contributed by atoms with Crippen molar-refractivity contribution >= 4 is 135 Å². The number of H-pyrrole nitrogens is 3. The van der Waals surface area contributed by atoms with Gasteiger partial charge in [-0.25, -0.2) is 43.1 Å². The van der Waals surface area contributed by atoms with E-state index in [0.29, 0.717) is 175 Å². The topological polar surface area (TPSA) is 318 Å². The molecule has 744 valence electrons. The fraction of sp³-hybridized carbons (Fsp3) is 0.367. The van der Waals surface area contributed by atoms with E-state index in [0.717, 1.165) is 38.6 Å². The summed E-state index contributed by atoms with van der Waals surface area (Å²) in [6.45, 7) is 49.4. The highest BCUT2D eigenvalue weighted by Gasteiger charge is 2.47. The molecule has 6 aliphatic heterocycles. The standard InChI is InChI=1S/C37H39ClFN7O3.C36H37ClFN7O3.C36H37ClFN7O2/c1-8-27(47)44-16-22-11-12-49-36-34(45(22)15-21(44)7)23-13-25(38)29(28-20(6)9-10-26-24(28)14-42-43-26)30(39)33(23)46(37(36)48)35-31(18(2)3)40-17-41-32(35)19(4)5;1-8-26(46)43-14-21-15-48-35-33(44(21)13-20(43)7)22-11-24(38)28(27-19(6)9-10-25-23(27)12-41-42-25)29(37)32(22)45(36(35)47)34-30(17(2)3)39-16-40-31(34)18(4)5;1-8-27(46)43-15-21-11-23-33(44(21)14-20(43)7)22-12-25(37)29(28-19(6)9-10-26-24(28)13-41-42-26)30(38)34(22)45(36(23)47)35-31(17(2)3)39-16-40-32(35)18(4)5/h8-10,13-14,17-19,21-22H,1,11-12,15-16H2,2-7H3,(H,42,43);8-12,16-18,20-21H,1,13-15H2,2-7H3,(H,41,42);8-10,12-13,16-18,20-21H,1,11,14-15H2,2-7H3,(H,41,42). The maximum atomic E-state index is 18.0. The van der Waals surface area contributed by atoms with Crippen molar-refractivity contribution in [1.82, 2.24) is 88.9 Å². The number of aryl methyl sites for hydroxylation is 3. The number of aromatic amines is 3. The van der Waals surface area contributed by atoms with E-state index in [1.165, 1.54) is 57.0 Å². The van der Waals surface area contributed by atoms with Gasteiger partial charge >= 0.3 is 0 Å². The molecule has 6 aromatic carbocycles. The Labute approximate surface area is 844 Å². The average molecular weight is 2010 g/mol. The zero-order valence-electron chi connectivity index (χ0n) is 83.6. The van der Waals surface area contributed by atoms with Crippen molar-refractivity contribution in [3.63, 3.8) is 0 Å². The van der Waals surface area contributed by atoms with Gasteiger partial charge < -0.3 is 38.9 Å². The number of aromatic nitrogens is 15. The van der Waals surface area contributed by atoms with E-state index in [4.69, 9.17) is 44.3 Å². The molecule has 21 rings (SSSR count). The van der Waals surface area contributed by atoms with Crippen molar-refractivity contribution in [3.8, 4) is 61.9 Å². The van der Waals surface area contributed by atoms with E-state index in [-0.39, 0.29) is 163 Å². The number of carbonyl (C=O) groups is 3. The second-order valence-corrected chi connectivity index (χ2v) is 41.5. The molecule has 35 heteroatoms. The van der Waals surface area contributed by atoms with Gasteiger partial charge in [-0.1, -0.05) is 156 Å². The van der Waals surface area contributed by atoms with Gasteiger partial charge in [0.05, 0.1) is 160 Å². The van der Waals surface area contributed by atoms with Crippen molar-refractivity contribution in [1.29, 1.82) is 0 Å². The number of pyridine rings is 3. The fourth-order valence-corrected chi connectivity index (χ4v) is 23.3. The molecular weight excluding hydrogens is 1890 g/mol. The van der Waals surface area contributed by atoms with Crippen LogP contribution in [0.4, 0.5) is 30.2 Å². The van der Waals surface area contributed by atoms with Crippen LogP contribution in [0.1, 0.15) is 202 Å². The summed E-state index contributed by atoms with van der Waals surface area (Å²) in [6.07, 6.45) is 14.4. The van der Waals surface area contributed by atoms with Crippen LogP contribution in [0.2, 0.25) is 15.1 Å². The summed E-state index contributed by atoms with van der Waals surface area (Å²) in [6, 6.07) is 15.1. The van der Waals surface area contributed by atoms with Crippen molar-refractivity contribution < 1.29 is 37.0 Å². The molecular formula is C109H113Cl3F3N21O8. The van der Waals surface area contributed by atoms with Crippen LogP contribution in [0.25, 0.3) is 116 Å². The van der Waals surface area contributed by atoms with E-state index < -0.39 is 28.6 Å². The molecule has 6 unspecified atom stereocenters. The lowest BCUT2D eigenvalue weighted by Gasteiger charge is -2.48. The van der Waals surface area contributed by atoms with Crippen LogP contribution in [0, 0.1) is 38.2 Å². The van der Waals surface area contributed by atoms with Crippen LogP contribution < -0.4 is 40.9 Å². The Kier molecular flexibility index (Phi) is 26.2. The largest absolute Gasteiger partial charge is 0.486 e. The highest BCUT2D eigenvalue weighted by molar-refractivity contribution is 6.39. The molecule has 3 saturated heterocycles. The molecule has 6 atom stereocenters. The van der Waals surface area contributed by atoms with Crippen LogP contribution >= 0.6 is 34.8 Å². The third kappa shape index (κ3) is 16.1. The quantitative estimate of drug-likeness (QED) is 0.0803. The number of hydrogen-bond donors (Lipinski definition) is 3. The molecule has 3 fully saturated rings. The van der Waals surface area contributed by atoms with Crippen LogP contribution in [0.15, 0.2) is 145 Å². The van der Waals surface area contributed by atoms with Crippen molar-refractivity contribution in [2.45, 2.75) is 209 Å². The number of piperazine rings is 3. The Hall–Kier alpha value is -14.1. The third-order valence-corrected chi connectivity index (χ3v) is 30.1. The van der Waals surface area contributed by atoms with Crippen LogP contribution in [-0.2, 0) is 20.8 Å². The van der Waals surface area contributed by atoms with Gasteiger partial charge in [0.15, 0.2) is 11.6 Å². The second kappa shape index (κ2) is 38.2. The number of ether oxygens (including phenoxy) is 2. The third-order valence-electron chi connectivity index (χ3n) is 29.1. The van der Waals surface area contributed by atoms with Crippen molar-refractivity contribution in [3.05, 3.63) is 250 Å². The first kappa shape index (κ1) is 98.7. The highest BCUT2D eigenvalue weighted by atomic mass is 35.5. The SMILES string of the molecule is C=CC(=O)N1CC2CCOc3c(c4cc(Cl)c(-c5c(C)ccc6[nH]ncc56)c(F)c4n(-c4c(C(C)C)ncnc4C(C)C)c3=O)N2CC1C.C=CC(=O)N1CC2COc3c(c4cc(F)c(-c5c(C)ccc6[nH]ncc56)c(Cl)c4n(-c4c(C(C)C)ncnc4C(C)C)c3=O)N2CC1C.C=CC(=O)N1CC2Cc3c(c4cc(Cl)c(-c5c(C)ccc6[nH]ncc56)c(F)c4n(-c4c(C(C)C)ncnc4C(C)C)c3=O)N2CC1C. The van der Waals surface area contributed by atoms with Crippen LogP contribution in [0.5, 0.6) is 11.5 Å². The minimum atomic E-state index is -0.651. The van der Waals surface area contributed by atoms with Crippen LogP contribution in [-0.4, -0.2) is 195 Å². The van der Waals surface area contributed by atoms with Gasteiger partial charge in [0.25, 0.3) is 16.7 Å². The van der Waals surface area contributed by atoms with E-state index in [1.54, 1.807) is 45.4 Å². The van der Waals surface area contributed by atoms with E-state index in [2.05, 4.69) is 94.9 Å². The molecule has 0 spiro atoms. The first-order valence-electron chi connectivity index (χ1n) is 48.8. The number of nitrogens with zero attached hydrogens (tertiary/aromatic N) is 18. The Morgan fingerprint density at radius 1 is 0.410 bits per heavy atom. The lowest BCUT2D eigenvalue weighted by atomic mass is 9.93. The number of amides is 3. The number of halogens is 6. The highest BCUT2D eigenvalue weighted by Crippen LogP contribution is 2.54. The number of carbonyl (C=O) groups excluding carboxylic acids is 3. The maximum Gasteiger partial charge on any atom is 0.300 e. The van der Waals surface area contributed by atoms with Gasteiger partial charge in [0.2, 0.25) is 29.2 Å². The Balaban J connectivity index is 0.000000137. The van der Waals surface area contributed by atoms with Gasteiger partial charge in [-0.2, -0.15) is 15.3 Å². The molecule has 15 heterocycles. The summed E-state index contributed by atoms with van der Waals surface area (Å²) in [5, 5.41) is 25.6. The first-order chi connectivity index (χ1) is 68.8. The zero-order valence-corrected chi connectivity index (χ0v) is 85.9. The summed E-state index contributed by atoms with van der Waals surface area (Å²) in [7, 11) is 0. The number of nitrogens with one attached hydrogen (secondary N) is 3. The number of anilines is 3. The summed E-state index contributed by atoms with van der Waals surface area (Å²) >= 11 is 21.7. The van der Waals surface area contributed by atoms with Crippen molar-refractivity contribution in [2.75, 3.05) is 67.2 Å². The number of rotatable bonds is 15. The molecule has 15 aromatic rings. The number of hydrogen-bond acceptors (Lipinski definition) is 20. The molecule has 0 saturated carbocycles. The summed E-state index contributed by atoms with van der Waals surface area (Å²) in [5.41, 5.74) is 13.7. The monoisotopic (exact) mass is 2010 g/mol. The minimum absolute atomic E-state index is 0.0585. The Morgan fingerprint density at radius 2 is 0.743 bits per heavy atom. The lowest BCUT2D eigenvalue weighted by Crippen LogP contribution is -2.62. The molecule has 6 aliphatic rings. The summed E-state index contributed by atoms with van der Waals surface area (Å²) in [5.74, 6) is -2.65. The molecule has 0 bridgehead atoms. The van der Waals surface area contributed by atoms with Crippen LogP contribution in [0.3, 0.4) is 0 Å². The average Bonchev–Trinajstić information content (AvgIpc) is 1.17. The number of fused-ring (bicyclic) bond motifs is 18. The second-order valence-electron chi connectivity index (χ2n) is 40.3. The predicted molar refractivity (Wildman–Crippen MR) is 561 cm³/mol. The lowest BCUT2D eigenvalue weighted by molar-refractivity contribution is -0.129. The predicted octanol–water partition coefficient (Wildman–Crippen LogP) is 20.5. The molecule has 0 radical (unpaired) electrons. The van der Waals surface area contributed by atoms with Gasteiger partial charge in [0, 0.05) is 141 Å². The van der Waals surface area contributed by atoms with Gasteiger partial charge in [-0.3, -0.25) is 57.8 Å². The summed E-state index contributed by atoms with van der Waals surface area (Å²) in [4.78, 5) is 123. The van der Waals surface area contributed by atoms with E-state index >= 15 is 22.8 Å². The molecule has 3 N–H and O–H groups in total.